The molecule has 1 aliphatic rings. The first-order valence-electron chi connectivity index (χ1n) is 6.80. The molecule has 0 saturated heterocycles. The average Bonchev–Trinajstić information content (AvgIpc) is 2.32. The van der Waals surface area contributed by atoms with Crippen molar-refractivity contribution in [2.75, 3.05) is 12.8 Å². The third kappa shape index (κ3) is 3.22. The van der Waals surface area contributed by atoms with Crippen LogP contribution in [0.2, 0.25) is 0 Å². The van der Waals surface area contributed by atoms with Gasteiger partial charge in [0.25, 0.3) is 0 Å². The summed E-state index contributed by atoms with van der Waals surface area (Å²) in [6.45, 7) is 2.98. The molecule has 2 rings (SSSR count). The van der Waals surface area contributed by atoms with Crippen LogP contribution >= 0.6 is 0 Å². The molecule has 2 nitrogen and oxygen atoms in total. The highest BCUT2D eigenvalue weighted by atomic mass is 19.1. The van der Waals surface area contributed by atoms with Gasteiger partial charge in [-0.1, -0.05) is 25.8 Å². The van der Waals surface area contributed by atoms with Gasteiger partial charge in [-0.15, -0.1) is 0 Å². The number of halogens is 1. The number of nitrogens with two attached hydrogens (primary N) is 1. The smallest absolute Gasteiger partial charge is 0.129 e. The lowest BCUT2D eigenvalue weighted by Gasteiger charge is -2.34. The first-order chi connectivity index (χ1) is 8.56. The van der Waals surface area contributed by atoms with Crippen molar-refractivity contribution in [3.05, 3.63) is 29.6 Å². The van der Waals surface area contributed by atoms with Gasteiger partial charge in [-0.2, -0.15) is 0 Å². The highest BCUT2D eigenvalue weighted by Crippen LogP contribution is 2.27. The normalized spacial score (nSPS) is 24.4. The van der Waals surface area contributed by atoms with Crippen LogP contribution < -0.4 is 5.73 Å². The van der Waals surface area contributed by atoms with Gasteiger partial charge < -0.3 is 5.73 Å². The molecule has 1 saturated carbocycles. The summed E-state index contributed by atoms with van der Waals surface area (Å²) < 4.78 is 13.7. The number of benzene rings is 1. The molecule has 0 radical (unpaired) electrons. The zero-order valence-electron chi connectivity index (χ0n) is 11.3. The van der Waals surface area contributed by atoms with Crippen LogP contribution in [0.1, 0.15) is 38.2 Å². The molecule has 1 aromatic carbocycles. The monoisotopic (exact) mass is 250 g/mol. The molecule has 2 N–H and O–H groups in total. The molecular formula is C15H23FN2. The molecule has 1 aliphatic carbocycles. The molecule has 100 valence electrons. The van der Waals surface area contributed by atoms with Crippen molar-refractivity contribution in [1.29, 1.82) is 0 Å². The SMILES string of the molecule is CC1CCCC(N(C)Cc2ccc(N)cc2F)C1. The summed E-state index contributed by atoms with van der Waals surface area (Å²) in [6.07, 6.45) is 5.09. The van der Waals surface area contributed by atoms with E-state index < -0.39 is 0 Å². The Labute approximate surface area is 109 Å². The standard InChI is InChI=1S/C15H23FN2/c1-11-4-3-5-14(8-11)18(2)10-12-6-7-13(17)9-15(12)16/h6-7,9,11,14H,3-5,8,10,17H2,1-2H3. The maximum Gasteiger partial charge on any atom is 0.129 e. The van der Waals surface area contributed by atoms with Crippen molar-refractivity contribution in [3.8, 4) is 0 Å². The Morgan fingerprint density at radius 1 is 1.39 bits per heavy atom. The average molecular weight is 250 g/mol. The molecule has 1 fully saturated rings. The second kappa shape index (κ2) is 5.70. The molecule has 1 aromatic rings. The van der Waals surface area contributed by atoms with Crippen molar-refractivity contribution < 1.29 is 4.39 Å². The van der Waals surface area contributed by atoms with Crippen molar-refractivity contribution >= 4 is 5.69 Å². The Hall–Kier alpha value is -1.09. The first-order valence-corrected chi connectivity index (χ1v) is 6.80. The van der Waals surface area contributed by atoms with E-state index in [1.807, 2.05) is 0 Å². The fourth-order valence-corrected chi connectivity index (χ4v) is 2.89. The largest absolute Gasteiger partial charge is 0.399 e. The predicted molar refractivity (Wildman–Crippen MR) is 73.7 cm³/mol. The molecule has 0 aromatic heterocycles. The molecule has 18 heavy (non-hydrogen) atoms. The molecule has 0 bridgehead atoms. The molecule has 0 aliphatic heterocycles. The zero-order valence-corrected chi connectivity index (χ0v) is 11.3. The Balaban J connectivity index is 1.99. The maximum absolute atomic E-state index is 13.7. The van der Waals surface area contributed by atoms with Gasteiger partial charge in [-0.05, 0) is 37.9 Å². The molecular weight excluding hydrogens is 227 g/mol. The highest BCUT2D eigenvalue weighted by molar-refractivity contribution is 5.40. The molecule has 0 amide bonds. The third-order valence-electron chi connectivity index (χ3n) is 4.03. The van der Waals surface area contributed by atoms with E-state index in [0.29, 0.717) is 18.3 Å². The van der Waals surface area contributed by atoms with Gasteiger partial charge in [0, 0.05) is 23.8 Å². The van der Waals surface area contributed by atoms with Gasteiger partial charge in [-0.3, -0.25) is 4.90 Å². The van der Waals surface area contributed by atoms with Crippen LogP contribution in [0.5, 0.6) is 0 Å². The third-order valence-corrected chi connectivity index (χ3v) is 4.03. The number of nitrogen functional groups attached to an aromatic ring is 1. The van der Waals surface area contributed by atoms with Gasteiger partial charge in [0.2, 0.25) is 0 Å². The summed E-state index contributed by atoms with van der Waals surface area (Å²) in [5.41, 5.74) is 6.80. The van der Waals surface area contributed by atoms with Crippen LogP contribution in [0, 0.1) is 11.7 Å². The van der Waals surface area contributed by atoms with Crippen molar-refractivity contribution in [3.63, 3.8) is 0 Å². The number of hydrogen-bond donors (Lipinski definition) is 1. The highest BCUT2D eigenvalue weighted by Gasteiger charge is 2.22. The van der Waals surface area contributed by atoms with Gasteiger partial charge in [0.1, 0.15) is 5.82 Å². The van der Waals surface area contributed by atoms with E-state index in [1.54, 1.807) is 12.1 Å². The van der Waals surface area contributed by atoms with E-state index in [1.165, 1.54) is 31.7 Å². The van der Waals surface area contributed by atoms with Crippen LogP contribution in [0.3, 0.4) is 0 Å². The second-order valence-electron chi connectivity index (χ2n) is 5.69. The molecule has 0 heterocycles. The Kier molecular flexibility index (Phi) is 4.23. The van der Waals surface area contributed by atoms with Gasteiger partial charge >= 0.3 is 0 Å². The van der Waals surface area contributed by atoms with Crippen LogP contribution in [0.25, 0.3) is 0 Å². The van der Waals surface area contributed by atoms with Crippen LogP contribution in [0.15, 0.2) is 18.2 Å². The van der Waals surface area contributed by atoms with Crippen LogP contribution in [0.4, 0.5) is 10.1 Å². The fourth-order valence-electron chi connectivity index (χ4n) is 2.89. The molecule has 2 atom stereocenters. The van der Waals surface area contributed by atoms with Gasteiger partial charge in [0.15, 0.2) is 0 Å². The minimum absolute atomic E-state index is 0.189. The summed E-state index contributed by atoms with van der Waals surface area (Å²) in [4.78, 5) is 2.28. The minimum Gasteiger partial charge on any atom is -0.399 e. The Morgan fingerprint density at radius 2 is 2.17 bits per heavy atom. The summed E-state index contributed by atoms with van der Waals surface area (Å²) in [6, 6.07) is 5.57. The molecule has 3 heteroatoms. The quantitative estimate of drug-likeness (QED) is 0.833. The number of anilines is 1. The number of rotatable bonds is 3. The van der Waals surface area contributed by atoms with Crippen molar-refractivity contribution in [2.24, 2.45) is 5.92 Å². The van der Waals surface area contributed by atoms with E-state index in [9.17, 15) is 4.39 Å². The van der Waals surface area contributed by atoms with Gasteiger partial charge in [0.05, 0.1) is 0 Å². The zero-order chi connectivity index (χ0) is 13.1. The lowest BCUT2D eigenvalue weighted by atomic mass is 9.86. The molecule has 2 unspecified atom stereocenters. The van der Waals surface area contributed by atoms with E-state index >= 15 is 0 Å². The van der Waals surface area contributed by atoms with Crippen molar-refractivity contribution in [1.82, 2.24) is 4.90 Å². The van der Waals surface area contributed by atoms with E-state index in [2.05, 4.69) is 18.9 Å². The van der Waals surface area contributed by atoms with E-state index in [0.717, 1.165) is 11.5 Å². The lowest BCUT2D eigenvalue weighted by molar-refractivity contribution is 0.156. The maximum atomic E-state index is 13.7. The lowest BCUT2D eigenvalue weighted by Crippen LogP contribution is -2.35. The minimum atomic E-state index is -0.189. The summed E-state index contributed by atoms with van der Waals surface area (Å²) in [5.74, 6) is 0.605. The summed E-state index contributed by atoms with van der Waals surface area (Å²) in [7, 11) is 2.10. The second-order valence-corrected chi connectivity index (χ2v) is 5.69. The van der Waals surface area contributed by atoms with E-state index in [4.69, 9.17) is 5.73 Å². The topological polar surface area (TPSA) is 29.3 Å². The van der Waals surface area contributed by atoms with Crippen molar-refractivity contribution in [2.45, 2.75) is 45.2 Å². The fraction of sp³-hybridized carbons (Fsp3) is 0.600. The summed E-state index contributed by atoms with van der Waals surface area (Å²) in [5, 5.41) is 0. The van der Waals surface area contributed by atoms with Gasteiger partial charge in [-0.25, -0.2) is 4.39 Å². The Morgan fingerprint density at radius 3 is 2.83 bits per heavy atom. The predicted octanol–water partition coefficient (Wildman–Crippen LogP) is 3.42. The van der Waals surface area contributed by atoms with Crippen LogP contribution in [-0.2, 0) is 6.54 Å². The van der Waals surface area contributed by atoms with Crippen LogP contribution in [-0.4, -0.2) is 18.0 Å². The molecule has 0 spiro atoms. The number of hydrogen-bond acceptors (Lipinski definition) is 2. The first kappa shape index (κ1) is 13.3. The number of nitrogens with zero attached hydrogens (tertiary/aromatic N) is 1. The summed E-state index contributed by atoms with van der Waals surface area (Å²) >= 11 is 0. The Bertz CT molecular complexity index is 405. The van der Waals surface area contributed by atoms with E-state index in [-0.39, 0.29) is 5.82 Å².